The fraction of sp³-hybridized carbons (Fsp3) is 0.350. The summed E-state index contributed by atoms with van der Waals surface area (Å²) in [6, 6.07) is 13.5. The van der Waals surface area contributed by atoms with Crippen molar-refractivity contribution in [1.29, 1.82) is 0 Å². The number of hydrogen-bond acceptors (Lipinski definition) is 5. The number of benzene rings is 2. The van der Waals surface area contributed by atoms with E-state index >= 15 is 0 Å². The standard InChI is InChI=1S/C20H25ClN4O3S/c1-12(2)14-5-4-6-17(11-14)22-19(26)18-13(3)23-24-20(18)29(27,28)25-16-9-7-15(21)8-10-16/h4-13,18,20,23-25H,1-3H3,(H,22,26). The maximum absolute atomic E-state index is 13.0. The zero-order valence-corrected chi connectivity index (χ0v) is 18.0. The summed E-state index contributed by atoms with van der Waals surface area (Å²) in [5.41, 5.74) is 7.71. The van der Waals surface area contributed by atoms with Gasteiger partial charge in [-0.2, -0.15) is 0 Å². The van der Waals surface area contributed by atoms with Crippen LogP contribution in [0, 0.1) is 5.92 Å². The molecular weight excluding hydrogens is 412 g/mol. The molecule has 0 aliphatic carbocycles. The second-order valence-corrected chi connectivity index (χ2v) is 9.69. The molecule has 1 fully saturated rings. The molecule has 3 rings (SSSR count). The number of carbonyl (C=O) groups is 1. The first-order valence-corrected chi connectivity index (χ1v) is 11.3. The Hall–Kier alpha value is -2.13. The van der Waals surface area contributed by atoms with Gasteiger partial charge in [-0.3, -0.25) is 14.9 Å². The third-order valence-corrected chi connectivity index (χ3v) is 6.73. The number of sulfonamides is 1. The molecule has 0 aromatic heterocycles. The highest BCUT2D eigenvalue weighted by atomic mass is 35.5. The largest absolute Gasteiger partial charge is 0.326 e. The summed E-state index contributed by atoms with van der Waals surface area (Å²) < 4.78 is 28.3. The van der Waals surface area contributed by atoms with E-state index in [1.54, 1.807) is 37.3 Å². The van der Waals surface area contributed by atoms with Gasteiger partial charge in [0.2, 0.25) is 5.91 Å². The minimum Gasteiger partial charge on any atom is -0.326 e. The Morgan fingerprint density at radius 2 is 1.76 bits per heavy atom. The predicted octanol–water partition coefficient (Wildman–Crippen LogP) is 3.28. The monoisotopic (exact) mass is 436 g/mol. The van der Waals surface area contributed by atoms with Crippen LogP contribution in [-0.2, 0) is 14.8 Å². The molecule has 7 nitrogen and oxygen atoms in total. The Kier molecular flexibility index (Phi) is 6.48. The molecule has 0 spiro atoms. The van der Waals surface area contributed by atoms with Crippen molar-refractivity contribution in [3.05, 3.63) is 59.1 Å². The average Bonchev–Trinajstić information content (AvgIpc) is 3.06. The van der Waals surface area contributed by atoms with Gasteiger partial charge in [-0.25, -0.2) is 13.8 Å². The Morgan fingerprint density at radius 3 is 2.41 bits per heavy atom. The molecule has 1 heterocycles. The fourth-order valence-electron chi connectivity index (χ4n) is 3.24. The van der Waals surface area contributed by atoms with Crippen molar-refractivity contribution in [3.63, 3.8) is 0 Å². The van der Waals surface area contributed by atoms with E-state index in [0.29, 0.717) is 22.3 Å². The van der Waals surface area contributed by atoms with Crippen molar-refractivity contribution in [1.82, 2.24) is 10.9 Å². The topological polar surface area (TPSA) is 99.3 Å². The van der Waals surface area contributed by atoms with E-state index in [4.69, 9.17) is 11.6 Å². The van der Waals surface area contributed by atoms with Gasteiger partial charge in [-0.1, -0.05) is 37.6 Å². The van der Waals surface area contributed by atoms with E-state index in [1.807, 2.05) is 18.2 Å². The van der Waals surface area contributed by atoms with Gasteiger partial charge < -0.3 is 5.32 Å². The second-order valence-electron chi connectivity index (χ2n) is 7.45. The summed E-state index contributed by atoms with van der Waals surface area (Å²) in [7, 11) is -3.89. The van der Waals surface area contributed by atoms with Gasteiger partial charge in [0.15, 0.2) is 5.37 Å². The maximum atomic E-state index is 13.0. The molecule has 1 aliphatic heterocycles. The maximum Gasteiger partial charge on any atom is 0.250 e. The molecule has 29 heavy (non-hydrogen) atoms. The summed E-state index contributed by atoms with van der Waals surface area (Å²) in [6.07, 6.45) is 0. The van der Waals surface area contributed by atoms with E-state index in [1.165, 1.54) is 0 Å². The number of hydrazine groups is 1. The molecule has 2 aromatic rings. The van der Waals surface area contributed by atoms with Crippen molar-refractivity contribution < 1.29 is 13.2 Å². The van der Waals surface area contributed by atoms with Gasteiger partial charge in [-0.05, 0) is 54.8 Å². The molecule has 1 aliphatic rings. The predicted molar refractivity (Wildman–Crippen MR) is 116 cm³/mol. The molecule has 0 bridgehead atoms. The number of anilines is 2. The van der Waals surface area contributed by atoms with E-state index in [2.05, 4.69) is 34.7 Å². The van der Waals surface area contributed by atoms with Crippen molar-refractivity contribution in [2.75, 3.05) is 10.0 Å². The van der Waals surface area contributed by atoms with Crippen LogP contribution in [-0.4, -0.2) is 25.7 Å². The third-order valence-electron chi connectivity index (χ3n) is 4.88. The molecule has 3 atom stereocenters. The first-order valence-electron chi connectivity index (χ1n) is 9.36. The normalized spacial score (nSPS) is 21.9. The molecule has 4 N–H and O–H groups in total. The smallest absolute Gasteiger partial charge is 0.250 e. The van der Waals surface area contributed by atoms with Crippen LogP contribution in [0.1, 0.15) is 32.3 Å². The van der Waals surface area contributed by atoms with Crippen molar-refractivity contribution in [2.45, 2.75) is 38.1 Å². The van der Waals surface area contributed by atoms with Crippen molar-refractivity contribution in [2.24, 2.45) is 5.92 Å². The van der Waals surface area contributed by atoms with Gasteiger partial charge >= 0.3 is 0 Å². The van der Waals surface area contributed by atoms with Crippen LogP contribution in [0.4, 0.5) is 11.4 Å². The molecule has 0 saturated carbocycles. The Morgan fingerprint density at radius 1 is 1.07 bits per heavy atom. The summed E-state index contributed by atoms with van der Waals surface area (Å²) in [5, 5.41) is 2.22. The van der Waals surface area contributed by atoms with Crippen molar-refractivity contribution >= 4 is 38.9 Å². The lowest BCUT2D eigenvalue weighted by Crippen LogP contribution is -2.45. The minimum atomic E-state index is -3.89. The van der Waals surface area contributed by atoms with Crippen LogP contribution in [0.2, 0.25) is 5.02 Å². The lowest BCUT2D eigenvalue weighted by Gasteiger charge is -2.21. The van der Waals surface area contributed by atoms with Gasteiger partial charge in [-0.15, -0.1) is 0 Å². The van der Waals surface area contributed by atoms with Gasteiger partial charge in [0.25, 0.3) is 10.0 Å². The summed E-state index contributed by atoms with van der Waals surface area (Å²) in [6.45, 7) is 5.90. The van der Waals surface area contributed by atoms with E-state index < -0.39 is 21.3 Å². The molecule has 1 saturated heterocycles. The van der Waals surface area contributed by atoms with Crippen LogP contribution < -0.4 is 20.9 Å². The third kappa shape index (κ3) is 5.08. The SMILES string of the molecule is CC(C)c1cccc(NC(=O)C2C(C)NNC2S(=O)(=O)Nc2ccc(Cl)cc2)c1. The van der Waals surface area contributed by atoms with Crippen LogP contribution in [0.15, 0.2) is 48.5 Å². The summed E-state index contributed by atoms with van der Waals surface area (Å²) in [4.78, 5) is 13.0. The molecule has 1 amide bonds. The summed E-state index contributed by atoms with van der Waals surface area (Å²) in [5.74, 6) is -0.887. The number of rotatable bonds is 6. The van der Waals surface area contributed by atoms with Crippen molar-refractivity contribution in [3.8, 4) is 0 Å². The molecule has 0 radical (unpaired) electrons. The highest BCUT2D eigenvalue weighted by Gasteiger charge is 2.46. The lowest BCUT2D eigenvalue weighted by molar-refractivity contribution is -0.119. The van der Waals surface area contributed by atoms with Crippen LogP contribution in [0.3, 0.4) is 0 Å². The number of amides is 1. The average molecular weight is 437 g/mol. The molecule has 2 aromatic carbocycles. The van der Waals surface area contributed by atoms with E-state index in [-0.39, 0.29) is 11.9 Å². The van der Waals surface area contributed by atoms with E-state index in [9.17, 15) is 13.2 Å². The first kappa shape index (κ1) is 21.6. The quantitative estimate of drug-likeness (QED) is 0.557. The summed E-state index contributed by atoms with van der Waals surface area (Å²) >= 11 is 5.85. The minimum absolute atomic E-state index is 0.317. The zero-order chi connectivity index (χ0) is 21.2. The second kappa shape index (κ2) is 8.71. The lowest BCUT2D eigenvalue weighted by atomic mass is 10.0. The van der Waals surface area contributed by atoms with Crippen LogP contribution >= 0.6 is 11.6 Å². The highest BCUT2D eigenvalue weighted by molar-refractivity contribution is 7.93. The number of carbonyl (C=O) groups excluding carboxylic acids is 1. The Labute approximate surface area is 176 Å². The number of halogens is 1. The fourth-order valence-corrected chi connectivity index (χ4v) is 4.92. The van der Waals surface area contributed by atoms with E-state index in [0.717, 1.165) is 5.56 Å². The van der Waals surface area contributed by atoms with Gasteiger partial charge in [0.1, 0.15) is 0 Å². The Bertz CT molecular complexity index is 979. The van der Waals surface area contributed by atoms with Crippen LogP contribution in [0.25, 0.3) is 0 Å². The van der Waals surface area contributed by atoms with Crippen LogP contribution in [0.5, 0.6) is 0 Å². The number of hydrogen-bond donors (Lipinski definition) is 4. The molecule has 9 heteroatoms. The molecule has 156 valence electrons. The van der Waals surface area contributed by atoms with Gasteiger partial charge in [0.05, 0.1) is 5.92 Å². The Balaban J connectivity index is 1.78. The molecule has 3 unspecified atom stereocenters. The first-order chi connectivity index (χ1) is 13.7. The van der Waals surface area contributed by atoms with Gasteiger partial charge in [0, 0.05) is 22.4 Å². The molecular formula is C20H25ClN4O3S. The highest BCUT2D eigenvalue weighted by Crippen LogP contribution is 2.25. The number of nitrogens with one attached hydrogen (secondary N) is 4. The zero-order valence-electron chi connectivity index (χ0n) is 16.4.